The lowest BCUT2D eigenvalue weighted by molar-refractivity contribution is -0.143. The van der Waals surface area contributed by atoms with E-state index in [1.807, 2.05) is 12.1 Å². The van der Waals surface area contributed by atoms with Gasteiger partial charge < -0.3 is 9.84 Å². The minimum absolute atomic E-state index is 0.0789. The Bertz CT molecular complexity index is 788. The number of rotatable bonds is 39. The van der Waals surface area contributed by atoms with Gasteiger partial charge >= 0.3 is 5.97 Å². The molecule has 3 heteroatoms. The molecule has 0 aliphatic carbocycles. The molecule has 1 rings (SSSR count). The number of unbranched alkanes of at least 4 members (excludes halogenated alkanes) is 34. The van der Waals surface area contributed by atoms with Crippen LogP contribution in [0.2, 0.25) is 0 Å². The van der Waals surface area contributed by atoms with Gasteiger partial charge in [-0.25, -0.2) is 0 Å². The predicted molar refractivity (Wildman–Crippen MR) is 215 cm³/mol. The molecule has 1 aromatic rings. The topological polar surface area (TPSA) is 46.5 Å². The molecule has 0 spiro atoms. The molecule has 1 N–H and O–H groups in total. The minimum Gasteiger partial charge on any atom is -0.508 e. The molecule has 0 saturated carbocycles. The summed E-state index contributed by atoms with van der Waals surface area (Å²) in [6.45, 7) is 2.72. The van der Waals surface area contributed by atoms with Crippen LogP contribution < -0.4 is 0 Å². The van der Waals surface area contributed by atoms with Crippen molar-refractivity contribution in [2.45, 2.75) is 244 Å². The second-order valence-electron chi connectivity index (χ2n) is 15.4. The first kappa shape index (κ1) is 45.5. The molecule has 0 unspecified atom stereocenters. The molecule has 286 valence electrons. The quantitative estimate of drug-likeness (QED) is 0.0554. The molecule has 0 saturated heterocycles. The number of phenolic OH excluding ortho intramolecular Hbond substituents is 1. The molecule has 0 amide bonds. The first-order chi connectivity index (χ1) is 24.2. The third-order valence-electron chi connectivity index (χ3n) is 10.6. The van der Waals surface area contributed by atoms with E-state index in [0.29, 0.717) is 19.4 Å². The van der Waals surface area contributed by atoms with Crippen LogP contribution in [0, 0.1) is 0 Å². The lowest BCUT2D eigenvalue weighted by Gasteiger charge is -2.06. The smallest absolute Gasteiger partial charge is 0.305 e. The molecule has 0 heterocycles. The summed E-state index contributed by atoms with van der Waals surface area (Å²) in [5, 5.41) is 9.32. The van der Waals surface area contributed by atoms with E-state index in [-0.39, 0.29) is 11.7 Å². The maximum Gasteiger partial charge on any atom is 0.305 e. The average molecular weight is 685 g/mol. The fraction of sp³-hybridized carbons (Fsp3) is 0.848. The standard InChI is InChI=1S/C46H84O3/c1-2-3-4-5-6-7-8-9-10-11-12-13-14-15-16-17-18-19-20-21-22-23-24-25-26-27-28-29-30-31-32-33-34-35-36-37-46(48)49-43-42-44-38-40-45(47)41-39-44/h38-41,47H,2-37,42-43H2,1H3. The van der Waals surface area contributed by atoms with E-state index < -0.39 is 0 Å². The van der Waals surface area contributed by atoms with Crippen LogP contribution in [0.25, 0.3) is 0 Å². The van der Waals surface area contributed by atoms with Crippen LogP contribution in [0.4, 0.5) is 0 Å². The summed E-state index contributed by atoms with van der Waals surface area (Å²) in [5.41, 5.74) is 1.08. The van der Waals surface area contributed by atoms with Crippen molar-refractivity contribution in [1.29, 1.82) is 0 Å². The molecular weight excluding hydrogens is 601 g/mol. The summed E-state index contributed by atoms with van der Waals surface area (Å²) in [5.74, 6) is 0.187. The van der Waals surface area contributed by atoms with Crippen LogP contribution in [-0.4, -0.2) is 17.7 Å². The lowest BCUT2D eigenvalue weighted by Crippen LogP contribution is -2.07. The molecular formula is C46H84O3. The Labute approximate surface area is 306 Å². The summed E-state index contributed by atoms with van der Waals surface area (Å²) in [6, 6.07) is 7.08. The van der Waals surface area contributed by atoms with Crippen molar-refractivity contribution in [3.05, 3.63) is 29.8 Å². The molecule has 49 heavy (non-hydrogen) atoms. The second kappa shape index (κ2) is 37.7. The number of carbonyl (C=O) groups excluding carboxylic acids is 1. The summed E-state index contributed by atoms with van der Waals surface area (Å²) >= 11 is 0. The molecule has 3 nitrogen and oxygen atoms in total. The zero-order chi connectivity index (χ0) is 35.1. The first-order valence-electron chi connectivity index (χ1n) is 22.2. The molecule has 0 aliphatic rings. The number of carbonyl (C=O) groups is 1. The van der Waals surface area contributed by atoms with Gasteiger partial charge in [0.2, 0.25) is 0 Å². The number of phenols is 1. The van der Waals surface area contributed by atoms with Crippen molar-refractivity contribution in [2.75, 3.05) is 6.61 Å². The Hall–Kier alpha value is -1.51. The van der Waals surface area contributed by atoms with E-state index in [1.165, 1.54) is 212 Å². The van der Waals surface area contributed by atoms with Crippen molar-refractivity contribution in [2.24, 2.45) is 0 Å². The number of ether oxygens (including phenoxy) is 1. The molecule has 0 bridgehead atoms. The van der Waals surface area contributed by atoms with Crippen LogP contribution in [-0.2, 0) is 16.0 Å². The molecule has 0 radical (unpaired) electrons. The van der Waals surface area contributed by atoms with Gasteiger partial charge in [0, 0.05) is 12.8 Å². The highest BCUT2D eigenvalue weighted by molar-refractivity contribution is 5.69. The molecule has 0 aliphatic heterocycles. The van der Waals surface area contributed by atoms with Crippen molar-refractivity contribution in [1.82, 2.24) is 0 Å². The van der Waals surface area contributed by atoms with Gasteiger partial charge in [0.15, 0.2) is 0 Å². The highest BCUT2D eigenvalue weighted by Crippen LogP contribution is 2.17. The predicted octanol–water partition coefficient (Wildman–Crippen LogP) is 15.5. The Kier molecular flexibility index (Phi) is 35.1. The van der Waals surface area contributed by atoms with Gasteiger partial charge in [-0.3, -0.25) is 4.79 Å². The second-order valence-corrected chi connectivity index (χ2v) is 15.4. The Balaban J connectivity index is 1.64. The molecule has 1 aromatic carbocycles. The van der Waals surface area contributed by atoms with Crippen molar-refractivity contribution >= 4 is 5.97 Å². The summed E-state index contributed by atoms with van der Waals surface area (Å²) in [7, 11) is 0. The van der Waals surface area contributed by atoms with E-state index in [9.17, 15) is 9.90 Å². The van der Waals surface area contributed by atoms with Gasteiger partial charge in [-0.05, 0) is 24.1 Å². The number of hydrogen-bond donors (Lipinski definition) is 1. The van der Waals surface area contributed by atoms with E-state index in [0.717, 1.165) is 18.4 Å². The first-order valence-corrected chi connectivity index (χ1v) is 22.2. The van der Waals surface area contributed by atoms with Crippen molar-refractivity contribution in [3.8, 4) is 5.75 Å². The SMILES string of the molecule is CCCCCCCCCCCCCCCCCCCCCCCCCCCCCCCCCCCCCC(=O)OCCc1ccc(O)cc1. The van der Waals surface area contributed by atoms with Crippen LogP contribution in [0.1, 0.15) is 244 Å². The highest BCUT2D eigenvalue weighted by Gasteiger charge is 2.04. The molecule has 0 aromatic heterocycles. The van der Waals surface area contributed by atoms with E-state index >= 15 is 0 Å². The maximum absolute atomic E-state index is 11.9. The summed E-state index contributed by atoms with van der Waals surface area (Å²) < 4.78 is 5.35. The summed E-state index contributed by atoms with van der Waals surface area (Å²) in [4.78, 5) is 11.9. The van der Waals surface area contributed by atoms with Crippen molar-refractivity contribution < 1.29 is 14.6 Å². The van der Waals surface area contributed by atoms with Gasteiger partial charge in [-0.1, -0.05) is 237 Å². The van der Waals surface area contributed by atoms with E-state index in [1.54, 1.807) is 12.1 Å². The normalized spacial score (nSPS) is 11.4. The van der Waals surface area contributed by atoms with Crippen molar-refractivity contribution in [3.63, 3.8) is 0 Å². The fourth-order valence-electron chi connectivity index (χ4n) is 7.19. The van der Waals surface area contributed by atoms with Gasteiger partial charge in [-0.15, -0.1) is 0 Å². The largest absolute Gasteiger partial charge is 0.508 e. The third kappa shape index (κ3) is 34.7. The maximum atomic E-state index is 11.9. The molecule has 0 fully saturated rings. The highest BCUT2D eigenvalue weighted by atomic mass is 16.5. The third-order valence-corrected chi connectivity index (χ3v) is 10.6. The van der Waals surface area contributed by atoms with Crippen LogP contribution in [0.15, 0.2) is 24.3 Å². The number of aromatic hydroxyl groups is 1. The van der Waals surface area contributed by atoms with E-state index in [4.69, 9.17) is 4.74 Å². The number of benzene rings is 1. The lowest BCUT2D eigenvalue weighted by atomic mass is 10.0. The average Bonchev–Trinajstić information content (AvgIpc) is 3.11. The van der Waals surface area contributed by atoms with Gasteiger partial charge in [0.25, 0.3) is 0 Å². The van der Waals surface area contributed by atoms with Crippen LogP contribution in [0.3, 0.4) is 0 Å². The Morgan fingerprint density at radius 3 is 0.980 bits per heavy atom. The Morgan fingerprint density at radius 1 is 0.429 bits per heavy atom. The Morgan fingerprint density at radius 2 is 0.694 bits per heavy atom. The van der Waals surface area contributed by atoms with Crippen LogP contribution >= 0.6 is 0 Å². The number of esters is 1. The van der Waals surface area contributed by atoms with Gasteiger partial charge in [0.05, 0.1) is 6.61 Å². The zero-order valence-corrected chi connectivity index (χ0v) is 32.9. The molecule has 0 atom stereocenters. The minimum atomic E-state index is -0.0789. The fourth-order valence-corrected chi connectivity index (χ4v) is 7.19. The zero-order valence-electron chi connectivity index (χ0n) is 32.9. The summed E-state index contributed by atoms with van der Waals surface area (Å²) in [6.07, 6.45) is 50.9. The monoisotopic (exact) mass is 685 g/mol. The van der Waals surface area contributed by atoms with Crippen LogP contribution in [0.5, 0.6) is 5.75 Å². The van der Waals surface area contributed by atoms with E-state index in [2.05, 4.69) is 6.92 Å². The van der Waals surface area contributed by atoms with Gasteiger partial charge in [-0.2, -0.15) is 0 Å². The number of hydrogen-bond acceptors (Lipinski definition) is 3. The van der Waals surface area contributed by atoms with Gasteiger partial charge in [0.1, 0.15) is 5.75 Å².